The van der Waals surface area contributed by atoms with Crippen LogP contribution in [-0.2, 0) is 9.47 Å². The number of ether oxygens (including phenoxy) is 3. The first-order chi connectivity index (χ1) is 18.1. The first kappa shape index (κ1) is 25.8. The molecule has 2 aliphatic rings. The maximum absolute atomic E-state index is 14.3. The van der Waals surface area contributed by atoms with Gasteiger partial charge in [0.2, 0.25) is 0 Å². The smallest absolute Gasteiger partial charge is 0.410 e. The number of nitriles is 1. The molecule has 1 aromatic heterocycles. The predicted octanol–water partition coefficient (Wildman–Crippen LogP) is 5.85. The van der Waals surface area contributed by atoms with E-state index < -0.39 is 28.5 Å². The fourth-order valence-electron chi connectivity index (χ4n) is 4.96. The van der Waals surface area contributed by atoms with Crippen molar-refractivity contribution in [2.24, 2.45) is 0 Å². The van der Waals surface area contributed by atoms with E-state index in [1.54, 1.807) is 29.2 Å². The second-order valence-corrected chi connectivity index (χ2v) is 10.8. The molecular formula is C28H28F2N4O4. The number of halogens is 2. The van der Waals surface area contributed by atoms with Crippen LogP contribution in [0, 0.1) is 23.0 Å². The molecule has 0 unspecified atom stereocenters. The molecule has 0 saturated carbocycles. The summed E-state index contributed by atoms with van der Waals surface area (Å²) in [7, 11) is 0. The van der Waals surface area contributed by atoms with Crippen LogP contribution in [0.4, 0.5) is 13.6 Å². The molecule has 0 aliphatic carbocycles. The first-order valence-corrected chi connectivity index (χ1v) is 12.5. The number of likely N-dealkylation sites (tertiary alicyclic amines) is 1. The number of benzene rings is 2. The maximum Gasteiger partial charge on any atom is 0.410 e. The average Bonchev–Trinajstić information content (AvgIpc) is 3.28. The molecule has 1 atom stereocenters. The van der Waals surface area contributed by atoms with E-state index in [2.05, 4.69) is 10.2 Å². The van der Waals surface area contributed by atoms with Gasteiger partial charge in [0.15, 0.2) is 11.6 Å². The van der Waals surface area contributed by atoms with Gasteiger partial charge in [0, 0.05) is 24.4 Å². The molecule has 2 fully saturated rings. The number of nitrogens with zero attached hydrogens (tertiary/aromatic N) is 4. The SMILES string of the molecule is CC(C)(C)OC(=O)N1CCC2(CC1)C[C@@H](c1cc3cc(Oc4c(F)ccc(F)c4C#N)ccc3nn1)CO2. The molecule has 198 valence electrons. The van der Waals surface area contributed by atoms with Gasteiger partial charge in [-0.2, -0.15) is 15.5 Å². The zero-order valence-electron chi connectivity index (χ0n) is 21.5. The molecule has 2 aromatic carbocycles. The van der Waals surface area contributed by atoms with Gasteiger partial charge in [0.1, 0.15) is 28.8 Å². The normalized spacial score (nSPS) is 18.9. The van der Waals surface area contributed by atoms with Crippen molar-refractivity contribution in [2.45, 2.75) is 57.2 Å². The summed E-state index contributed by atoms with van der Waals surface area (Å²) in [6.45, 7) is 7.17. The number of hydrogen-bond acceptors (Lipinski definition) is 7. The van der Waals surface area contributed by atoms with Gasteiger partial charge in [-0.1, -0.05) is 0 Å². The van der Waals surface area contributed by atoms with Crippen LogP contribution in [0.1, 0.15) is 57.2 Å². The Bertz CT molecular complexity index is 1420. The van der Waals surface area contributed by atoms with Crippen LogP contribution in [0.25, 0.3) is 10.9 Å². The monoisotopic (exact) mass is 522 g/mol. The second kappa shape index (κ2) is 9.80. The first-order valence-electron chi connectivity index (χ1n) is 12.5. The van der Waals surface area contributed by atoms with Gasteiger partial charge < -0.3 is 19.1 Å². The molecule has 2 aliphatic heterocycles. The minimum Gasteiger partial charge on any atom is -0.453 e. The Kier molecular flexibility index (Phi) is 6.65. The number of fused-ring (bicyclic) bond motifs is 1. The van der Waals surface area contributed by atoms with Gasteiger partial charge in [-0.15, -0.1) is 0 Å². The second-order valence-electron chi connectivity index (χ2n) is 10.8. The van der Waals surface area contributed by atoms with E-state index in [9.17, 15) is 18.8 Å². The fraction of sp³-hybridized carbons (Fsp3) is 0.429. The fourth-order valence-corrected chi connectivity index (χ4v) is 4.96. The molecule has 0 N–H and O–H groups in total. The van der Waals surface area contributed by atoms with E-state index in [-0.39, 0.29) is 23.4 Å². The van der Waals surface area contributed by atoms with Gasteiger partial charge in [-0.25, -0.2) is 13.6 Å². The Hall–Kier alpha value is -3.84. The predicted molar refractivity (Wildman–Crippen MR) is 134 cm³/mol. The van der Waals surface area contributed by atoms with Crippen molar-refractivity contribution in [2.75, 3.05) is 19.7 Å². The third kappa shape index (κ3) is 5.24. The summed E-state index contributed by atoms with van der Waals surface area (Å²) in [6, 6.07) is 10.2. The van der Waals surface area contributed by atoms with Gasteiger partial charge >= 0.3 is 6.09 Å². The minimum atomic E-state index is -0.857. The Labute approximate surface area is 219 Å². The van der Waals surface area contributed by atoms with Gasteiger partial charge in [0.25, 0.3) is 0 Å². The zero-order valence-corrected chi connectivity index (χ0v) is 21.5. The summed E-state index contributed by atoms with van der Waals surface area (Å²) >= 11 is 0. The van der Waals surface area contributed by atoms with Crippen LogP contribution in [0.3, 0.4) is 0 Å². The van der Waals surface area contributed by atoms with E-state index in [0.29, 0.717) is 43.4 Å². The third-order valence-corrected chi connectivity index (χ3v) is 6.92. The number of amides is 1. The number of carbonyl (C=O) groups excluding carboxylic acids is 1. The van der Waals surface area contributed by atoms with E-state index in [0.717, 1.165) is 24.2 Å². The van der Waals surface area contributed by atoms with Crippen LogP contribution in [0.2, 0.25) is 0 Å². The van der Waals surface area contributed by atoms with Crippen LogP contribution in [0.15, 0.2) is 36.4 Å². The van der Waals surface area contributed by atoms with Crippen LogP contribution < -0.4 is 4.74 Å². The molecule has 5 rings (SSSR count). The Morgan fingerprint density at radius 3 is 2.58 bits per heavy atom. The van der Waals surface area contributed by atoms with Gasteiger partial charge in [0.05, 0.1) is 23.4 Å². The van der Waals surface area contributed by atoms with Crippen molar-refractivity contribution in [1.29, 1.82) is 5.26 Å². The third-order valence-electron chi connectivity index (χ3n) is 6.92. The topological polar surface area (TPSA) is 97.6 Å². The van der Waals surface area contributed by atoms with E-state index in [4.69, 9.17) is 14.2 Å². The molecule has 3 aromatic rings. The molecule has 1 spiro atoms. The van der Waals surface area contributed by atoms with Crippen molar-refractivity contribution >= 4 is 17.0 Å². The molecule has 3 heterocycles. The van der Waals surface area contributed by atoms with Crippen molar-refractivity contribution < 1.29 is 27.8 Å². The highest BCUT2D eigenvalue weighted by Crippen LogP contribution is 2.43. The Morgan fingerprint density at radius 1 is 1.13 bits per heavy atom. The van der Waals surface area contributed by atoms with E-state index >= 15 is 0 Å². The zero-order chi connectivity index (χ0) is 27.1. The molecule has 38 heavy (non-hydrogen) atoms. The highest BCUT2D eigenvalue weighted by Gasteiger charge is 2.44. The Balaban J connectivity index is 1.30. The lowest BCUT2D eigenvalue weighted by atomic mass is 9.84. The number of aromatic nitrogens is 2. The Morgan fingerprint density at radius 2 is 1.87 bits per heavy atom. The minimum absolute atomic E-state index is 0.0235. The standard InChI is InChI=1S/C28H28F2N4O4/c1-27(2,3)38-26(35)34-10-8-28(9-11-34)14-18(16-36-28)24-13-17-12-19(4-7-23(17)32-33-24)37-25-20(15-31)21(29)5-6-22(25)30/h4-7,12-13,18H,8-11,14,16H2,1-3H3/t18-/m1/s1. The summed E-state index contributed by atoms with van der Waals surface area (Å²) < 4.78 is 45.6. The number of rotatable bonds is 3. The molecule has 8 nitrogen and oxygen atoms in total. The van der Waals surface area contributed by atoms with Crippen molar-refractivity contribution in [3.8, 4) is 17.6 Å². The molecule has 0 bridgehead atoms. The molecule has 1 amide bonds. The number of hydrogen-bond donors (Lipinski definition) is 0. The highest BCUT2D eigenvalue weighted by molar-refractivity contribution is 5.80. The lowest BCUT2D eigenvalue weighted by Gasteiger charge is -2.39. The highest BCUT2D eigenvalue weighted by atomic mass is 19.1. The summed E-state index contributed by atoms with van der Waals surface area (Å²) in [4.78, 5) is 14.1. The molecule has 10 heteroatoms. The van der Waals surface area contributed by atoms with Gasteiger partial charge in [-0.05, 0) is 76.4 Å². The van der Waals surface area contributed by atoms with Gasteiger partial charge in [-0.3, -0.25) is 0 Å². The van der Waals surface area contributed by atoms with Crippen molar-refractivity contribution in [3.63, 3.8) is 0 Å². The van der Waals surface area contributed by atoms with E-state index in [1.165, 1.54) is 0 Å². The lowest BCUT2D eigenvalue weighted by Crippen LogP contribution is -2.47. The van der Waals surface area contributed by atoms with E-state index in [1.807, 2.05) is 26.8 Å². The molecule has 2 saturated heterocycles. The lowest BCUT2D eigenvalue weighted by molar-refractivity contribution is -0.0485. The number of piperidine rings is 1. The van der Waals surface area contributed by atoms with Crippen LogP contribution in [-0.4, -0.2) is 52.1 Å². The summed E-state index contributed by atoms with van der Waals surface area (Å²) in [6.07, 6.45) is 1.87. The summed E-state index contributed by atoms with van der Waals surface area (Å²) in [5.74, 6) is -1.88. The molecule has 0 radical (unpaired) electrons. The molecular weight excluding hydrogens is 494 g/mol. The van der Waals surface area contributed by atoms with Crippen LogP contribution >= 0.6 is 0 Å². The maximum atomic E-state index is 14.3. The summed E-state index contributed by atoms with van der Waals surface area (Å²) in [5, 5.41) is 18.7. The largest absolute Gasteiger partial charge is 0.453 e. The number of carbonyl (C=O) groups is 1. The van der Waals surface area contributed by atoms with Crippen molar-refractivity contribution in [1.82, 2.24) is 15.1 Å². The quantitative estimate of drug-likeness (QED) is 0.426. The van der Waals surface area contributed by atoms with Crippen molar-refractivity contribution in [3.05, 3.63) is 59.3 Å². The average molecular weight is 523 g/mol. The summed E-state index contributed by atoms with van der Waals surface area (Å²) in [5.41, 5.74) is 0.0126. The van der Waals surface area contributed by atoms with Crippen LogP contribution in [0.5, 0.6) is 11.5 Å².